The molecule has 0 radical (unpaired) electrons. The van der Waals surface area contributed by atoms with Crippen LogP contribution in [0.1, 0.15) is 17.3 Å². The number of nitro groups is 1. The highest BCUT2D eigenvalue weighted by atomic mass is 16.6. The number of Topliss-reactive ketones (excluding diaryl/α,β-unsaturated/α-hetero) is 1. The van der Waals surface area contributed by atoms with Gasteiger partial charge in [-0.25, -0.2) is 4.79 Å². The third-order valence-corrected chi connectivity index (χ3v) is 1.90. The van der Waals surface area contributed by atoms with E-state index in [1.165, 1.54) is 6.92 Å². The van der Waals surface area contributed by atoms with E-state index in [4.69, 9.17) is 0 Å². The van der Waals surface area contributed by atoms with Gasteiger partial charge in [-0.3, -0.25) is 14.9 Å². The maximum Gasteiger partial charge on any atom is 0.379 e. The Bertz CT molecular complexity index is 482. The minimum atomic E-state index is -1.16. The maximum atomic E-state index is 11.5. The van der Waals surface area contributed by atoms with E-state index in [0.717, 1.165) is 18.2 Å². The molecule has 0 saturated heterocycles. The summed E-state index contributed by atoms with van der Waals surface area (Å²) in [4.78, 5) is 32.3. The van der Waals surface area contributed by atoms with Gasteiger partial charge in [0.15, 0.2) is 0 Å². The molecule has 0 atom stereocenters. The van der Waals surface area contributed by atoms with Crippen LogP contribution in [0, 0.1) is 10.1 Å². The average Bonchev–Trinajstić information content (AvgIpc) is 2.28. The van der Waals surface area contributed by atoms with Gasteiger partial charge in [0, 0.05) is 12.1 Å². The van der Waals surface area contributed by atoms with Crippen molar-refractivity contribution in [2.75, 3.05) is 6.61 Å². The Morgan fingerprint density at radius 3 is 2.65 bits per heavy atom. The summed E-state index contributed by atoms with van der Waals surface area (Å²) < 4.78 is 4.44. The Morgan fingerprint density at radius 2 is 2.12 bits per heavy atom. The highest BCUT2D eigenvalue weighted by molar-refractivity contribution is 6.41. The largest absolute Gasteiger partial charge is 0.507 e. The number of hydrogen-bond acceptors (Lipinski definition) is 6. The number of aromatic hydroxyl groups is 1. The number of ketones is 1. The fraction of sp³-hybridized carbons (Fsp3) is 0.200. The van der Waals surface area contributed by atoms with Crippen LogP contribution in [0.3, 0.4) is 0 Å². The van der Waals surface area contributed by atoms with E-state index in [9.17, 15) is 24.8 Å². The summed E-state index contributed by atoms with van der Waals surface area (Å²) in [7, 11) is 0. The van der Waals surface area contributed by atoms with Gasteiger partial charge in [0.1, 0.15) is 5.75 Å². The number of nitro benzene ring substituents is 1. The Morgan fingerprint density at radius 1 is 1.47 bits per heavy atom. The molecule has 0 saturated carbocycles. The number of carbonyl (C=O) groups is 2. The monoisotopic (exact) mass is 239 g/mol. The number of benzene rings is 1. The van der Waals surface area contributed by atoms with Gasteiger partial charge in [0.05, 0.1) is 17.1 Å². The van der Waals surface area contributed by atoms with Crippen LogP contribution in [-0.2, 0) is 9.53 Å². The highest BCUT2D eigenvalue weighted by Gasteiger charge is 2.23. The fourth-order valence-electron chi connectivity index (χ4n) is 1.13. The van der Waals surface area contributed by atoms with Crippen LogP contribution in [0.2, 0.25) is 0 Å². The van der Waals surface area contributed by atoms with Crippen molar-refractivity contribution in [3.63, 3.8) is 0 Å². The van der Waals surface area contributed by atoms with Gasteiger partial charge in [-0.05, 0) is 13.0 Å². The molecule has 0 bridgehead atoms. The van der Waals surface area contributed by atoms with E-state index < -0.39 is 33.7 Å². The lowest BCUT2D eigenvalue weighted by Crippen LogP contribution is -2.17. The minimum Gasteiger partial charge on any atom is -0.507 e. The topological polar surface area (TPSA) is 107 Å². The summed E-state index contributed by atoms with van der Waals surface area (Å²) in [5.74, 6) is -2.79. The molecule has 0 fully saturated rings. The first-order chi connectivity index (χ1) is 7.97. The summed E-state index contributed by atoms with van der Waals surface area (Å²) >= 11 is 0. The normalized spacial score (nSPS) is 9.71. The first kappa shape index (κ1) is 12.6. The Labute approximate surface area is 95.8 Å². The Hall–Kier alpha value is -2.44. The predicted octanol–water partition coefficient (Wildman–Crippen LogP) is 1.05. The maximum absolute atomic E-state index is 11.5. The quantitative estimate of drug-likeness (QED) is 0.276. The van der Waals surface area contributed by atoms with E-state index >= 15 is 0 Å². The molecule has 17 heavy (non-hydrogen) atoms. The smallest absolute Gasteiger partial charge is 0.379 e. The van der Waals surface area contributed by atoms with E-state index in [0.29, 0.717) is 0 Å². The number of esters is 1. The van der Waals surface area contributed by atoms with Crippen molar-refractivity contribution in [2.24, 2.45) is 0 Å². The predicted molar refractivity (Wildman–Crippen MR) is 55.7 cm³/mol. The highest BCUT2D eigenvalue weighted by Crippen LogP contribution is 2.23. The van der Waals surface area contributed by atoms with Crippen molar-refractivity contribution in [3.8, 4) is 5.75 Å². The van der Waals surface area contributed by atoms with Crippen molar-refractivity contribution in [2.45, 2.75) is 6.92 Å². The number of non-ortho nitro benzene ring substituents is 1. The molecule has 1 aromatic rings. The summed E-state index contributed by atoms with van der Waals surface area (Å²) in [5.41, 5.74) is -0.840. The number of phenols is 1. The number of carbonyl (C=O) groups excluding carboxylic acids is 2. The van der Waals surface area contributed by atoms with E-state index in [1.807, 2.05) is 0 Å². The van der Waals surface area contributed by atoms with Gasteiger partial charge in [0.2, 0.25) is 0 Å². The van der Waals surface area contributed by atoms with Crippen molar-refractivity contribution in [1.82, 2.24) is 0 Å². The van der Waals surface area contributed by atoms with Gasteiger partial charge in [-0.15, -0.1) is 0 Å². The molecule has 1 rings (SSSR count). The third-order valence-electron chi connectivity index (χ3n) is 1.90. The summed E-state index contributed by atoms with van der Waals surface area (Å²) in [5, 5.41) is 19.8. The molecule has 90 valence electrons. The van der Waals surface area contributed by atoms with Gasteiger partial charge >= 0.3 is 5.97 Å². The van der Waals surface area contributed by atoms with E-state index in [-0.39, 0.29) is 6.61 Å². The van der Waals surface area contributed by atoms with Crippen LogP contribution in [0.4, 0.5) is 5.69 Å². The van der Waals surface area contributed by atoms with Gasteiger partial charge < -0.3 is 9.84 Å². The van der Waals surface area contributed by atoms with Crippen LogP contribution >= 0.6 is 0 Å². The van der Waals surface area contributed by atoms with E-state index in [2.05, 4.69) is 4.74 Å². The molecular weight excluding hydrogens is 230 g/mol. The zero-order valence-corrected chi connectivity index (χ0v) is 8.87. The van der Waals surface area contributed by atoms with Crippen molar-refractivity contribution >= 4 is 17.4 Å². The SMILES string of the molecule is CCOC(=O)C(=O)c1cc([N+](=O)[O-])ccc1O. The molecule has 7 heteroatoms. The van der Waals surface area contributed by atoms with Crippen LogP contribution in [0.25, 0.3) is 0 Å². The van der Waals surface area contributed by atoms with Crippen LogP contribution in [0.15, 0.2) is 18.2 Å². The fourth-order valence-corrected chi connectivity index (χ4v) is 1.13. The lowest BCUT2D eigenvalue weighted by molar-refractivity contribution is -0.384. The molecule has 0 spiro atoms. The third kappa shape index (κ3) is 2.77. The van der Waals surface area contributed by atoms with Crippen molar-refractivity contribution in [1.29, 1.82) is 0 Å². The molecule has 7 nitrogen and oxygen atoms in total. The molecule has 1 N–H and O–H groups in total. The Kier molecular flexibility index (Phi) is 3.76. The molecule has 0 amide bonds. The first-order valence-electron chi connectivity index (χ1n) is 4.66. The minimum absolute atomic E-state index is 0.000260. The molecule has 0 aromatic heterocycles. The number of nitrogens with zero attached hydrogens (tertiary/aromatic N) is 1. The number of hydrogen-bond donors (Lipinski definition) is 1. The second-order valence-corrected chi connectivity index (χ2v) is 3.01. The van der Waals surface area contributed by atoms with Crippen LogP contribution in [-0.4, -0.2) is 28.4 Å². The van der Waals surface area contributed by atoms with E-state index in [1.54, 1.807) is 0 Å². The van der Waals surface area contributed by atoms with Crippen molar-refractivity contribution in [3.05, 3.63) is 33.9 Å². The average molecular weight is 239 g/mol. The molecular formula is C10H9NO6. The summed E-state index contributed by atoms with van der Waals surface area (Å²) in [6, 6.07) is 2.83. The van der Waals surface area contributed by atoms with Gasteiger partial charge in [0.25, 0.3) is 11.5 Å². The molecule has 0 aliphatic rings. The molecule has 0 aliphatic carbocycles. The molecule has 0 aliphatic heterocycles. The zero-order chi connectivity index (χ0) is 13.0. The van der Waals surface area contributed by atoms with Crippen LogP contribution in [0.5, 0.6) is 5.75 Å². The standard InChI is InChI=1S/C10H9NO6/c1-2-17-10(14)9(13)7-5-6(11(15)16)3-4-8(7)12/h3-5,12H,2H2,1H3. The van der Waals surface area contributed by atoms with Crippen LogP contribution < -0.4 is 0 Å². The lowest BCUT2D eigenvalue weighted by atomic mass is 10.1. The summed E-state index contributed by atoms with van der Waals surface area (Å²) in [6.45, 7) is 1.51. The lowest BCUT2D eigenvalue weighted by Gasteiger charge is -2.03. The number of phenolic OH excluding ortho intramolecular Hbond substituents is 1. The van der Waals surface area contributed by atoms with Gasteiger partial charge in [-0.1, -0.05) is 0 Å². The van der Waals surface area contributed by atoms with Crippen molar-refractivity contribution < 1.29 is 24.4 Å². The van der Waals surface area contributed by atoms with Gasteiger partial charge in [-0.2, -0.15) is 0 Å². The zero-order valence-electron chi connectivity index (χ0n) is 8.87. The molecule has 1 aromatic carbocycles. The Balaban J connectivity index is 3.12. The summed E-state index contributed by atoms with van der Waals surface area (Å²) in [6.07, 6.45) is 0. The second-order valence-electron chi connectivity index (χ2n) is 3.01. The number of ether oxygens (including phenoxy) is 1. The second kappa shape index (κ2) is 5.06. The first-order valence-corrected chi connectivity index (χ1v) is 4.66. The number of rotatable bonds is 4. The molecule has 0 heterocycles. The molecule has 0 unspecified atom stereocenters.